The molecular formula is C17H12N6O2. The maximum Gasteiger partial charge on any atom is 0.269 e. The zero-order chi connectivity index (χ0) is 17.6. The second-order valence-electron chi connectivity index (χ2n) is 5.60. The Morgan fingerprint density at radius 1 is 1.28 bits per heavy atom. The van der Waals surface area contributed by atoms with Gasteiger partial charge in [-0.2, -0.15) is 5.26 Å². The summed E-state index contributed by atoms with van der Waals surface area (Å²) in [6, 6.07) is 15.1. The number of rotatable bonds is 2. The summed E-state index contributed by atoms with van der Waals surface area (Å²) < 4.78 is 1.68. The molecule has 0 fully saturated rings. The number of nitro groups is 1. The van der Waals surface area contributed by atoms with Crippen molar-refractivity contribution in [3.63, 3.8) is 0 Å². The number of fused-ring (bicyclic) bond motifs is 3. The van der Waals surface area contributed by atoms with Gasteiger partial charge in [0.25, 0.3) is 5.69 Å². The zero-order valence-electron chi connectivity index (χ0n) is 12.9. The summed E-state index contributed by atoms with van der Waals surface area (Å²) in [6.45, 7) is 0. The lowest BCUT2D eigenvalue weighted by molar-refractivity contribution is -0.384. The number of hydrogen-bond donors (Lipinski definition) is 2. The van der Waals surface area contributed by atoms with Gasteiger partial charge >= 0.3 is 0 Å². The molecule has 1 atom stereocenters. The van der Waals surface area contributed by atoms with E-state index in [4.69, 9.17) is 5.73 Å². The molecule has 8 nitrogen and oxygen atoms in total. The highest BCUT2D eigenvalue weighted by molar-refractivity contribution is 5.85. The number of hydrogen-bond acceptors (Lipinski definition) is 6. The number of nitrogens with zero attached hydrogens (tertiary/aromatic N) is 4. The first-order chi connectivity index (χ1) is 12.1. The average Bonchev–Trinajstić information content (AvgIpc) is 3.00. The maximum atomic E-state index is 11.0. The van der Waals surface area contributed by atoms with Crippen molar-refractivity contribution in [2.24, 2.45) is 5.73 Å². The lowest BCUT2D eigenvalue weighted by atomic mass is 9.97. The number of aromatic nitrogens is 2. The summed E-state index contributed by atoms with van der Waals surface area (Å²) in [7, 11) is 0. The van der Waals surface area contributed by atoms with Crippen molar-refractivity contribution in [1.29, 1.82) is 5.26 Å². The van der Waals surface area contributed by atoms with Gasteiger partial charge in [-0.15, -0.1) is 0 Å². The topological polar surface area (TPSA) is 123 Å². The summed E-state index contributed by atoms with van der Waals surface area (Å²) in [6.07, 6.45) is 0. The van der Waals surface area contributed by atoms with Crippen molar-refractivity contribution in [3.05, 3.63) is 69.8 Å². The third kappa shape index (κ3) is 2.18. The minimum absolute atomic E-state index is 0.0470. The second kappa shape index (κ2) is 5.35. The Morgan fingerprint density at radius 2 is 2.08 bits per heavy atom. The minimum Gasteiger partial charge on any atom is -0.384 e. The molecule has 0 amide bonds. The van der Waals surface area contributed by atoms with Crippen LogP contribution < -0.4 is 11.1 Å². The number of para-hydroxylation sites is 2. The van der Waals surface area contributed by atoms with E-state index < -0.39 is 11.0 Å². The molecule has 2 heterocycles. The van der Waals surface area contributed by atoms with E-state index in [2.05, 4.69) is 16.4 Å². The summed E-state index contributed by atoms with van der Waals surface area (Å²) >= 11 is 0. The Bertz CT molecular complexity index is 1090. The standard InChI is InChI=1S/C17H12N6O2/c18-9-12-15(10-4-3-5-11(8-10)23(24)25)21-17-20-13-6-1-2-7-14(13)22(17)16(12)19/h1-8,15H,19H2,(H,20,21)/t15-/m0/s1. The van der Waals surface area contributed by atoms with Gasteiger partial charge in [0.1, 0.15) is 11.9 Å². The number of nitrogens with two attached hydrogens (primary N) is 1. The van der Waals surface area contributed by atoms with E-state index in [0.29, 0.717) is 11.5 Å². The molecule has 0 radical (unpaired) electrons. The van der Waals surface area contributed by atoms with E-state index in [9.17, 15) is 15.4 Å². The van der Waals surface area contributed by atoms with Gasteiger partial charge in [-0.25, -0.2) is 4.98 Å². The molecule has 0 saturated carbocycles. The Labute approximate surface area is 142 Å². The summed E-state index contributed by atoms with van der Waals surface area (Å²) in [5, 5.41) is 23.8. The van der Waals surface area contributed by atoms with E-state index in [1.807, 2.05) is 24.3 Å². The SMILES string of the molecule is N#CC1=C(N)n2c(nc3ccccc32)N[C@H]1c1cccc([N+](=O)[O-])c1. The molecule has 0 saturated heterocycles. The molecule has 0 aliphatic carbocycles. The Balaban J connectivity index is 1.90. The Kier molecular flexibility index (Phi) is 3.15. The molecule has 0 unspecified atom stereocenters. The monoisotopic (exact) mass is 332 g/mol. The van der Waals surface area contributed by atoms with Crippen LogP contribution >= 0.6 is 0 Å². The van der Waals surface area contributed by atoms with Crippen molar-refractivity contribution >= 4 is 28.5 Å². The second-order valence-corrected chi connectivity index (χ2v) is 5.60. The van der Waals surface area contributed by atoms with Crippen molar-refractivity contribution in [2.75, 3.05) is 5.32 Å². The fraction of sp³-hybridized carbons (Fsp3) is 0.0588. The molecule has 4 rings (SSSR count). The fourth-order valence-corrected chi connectivity index (χ4v) is 3.03. The molecule has 3 aromatic rings. The van der Waals surface area contributed by atoms with Gasteiger partial charge in [0.05, 0.1) is 27.6 Å². The van der Waals surface area contributed by atoms with Crippen LogP contribution in [0.25, 0.3) is 16.9 Å². The normalized spacial score (nSPS) is 16.2. The van der Waals surface area contributed by atoms with Crippen LogP contribution in [0.3, 0.4) is 0 Å². The van der Waals surface area contributed by atoms with Gasteiger partial charge in [0, 0.05) is 12.1 Å². The first-order valence-electron chi connectivity index (χ1n) is 7.48. The first kappa shape index (κ1) is 14.7. The van der Waals surface area contributed by atoms with Gasteiger partial charge in [0.15, 0.2) is 0 Å². The number of nitrogens with one attached hydrogen (secondary N) is 1. The Morgan fingerprint density at radius 3 is 2.84 bits per heavy atom. The molecule has 1 aliphatic heterocycles. The van der Waals surface area contributed by atoms with Crippen LogP contribution in [-0.2, 0) is 0 Å². The number of benzene rings is 2. The van der Waals surface area contributed by atoms with Gasteiger partial charge < -0.3 is 11.1 Å². The van der Waals surface area contributed by atoms with Crippen LogP contribution in [0.15, 0.2) is 54.1 Å². The molecule has 0 spiro atoms. The van der Waals surface area contributed by atoms with Crippen LogP contribution in [0.4, 0.5) is 11.6 Å². The van der Waals surface area contributed by atoms with Crippen molar-refractivity contribution in [3.8, 4) is 6.07 Å². The van der Waals surface area contributed by atoms with Crippen LogP contribution in [0.2, 0.25) is 0 Å². The zero-order valence-corrected chi connectivity index (χ0v) is 12.9. The highest BCUT2D eigenvalue weighted by Gasteiger charge is 2.30. The highest BCUT2D eigenvalue weighted by atomic mass is 16.6. The van der Waals surface area contributed by atoms with Crippen LogP contribution in [-0.4, -0.2) is 14.5 Å². The highest BCUT2D eigenvalue weighted by Crippen LogP contribution is 2.36. The predicted molar refractivity (Wildman–Crippen MR) is 92.2 cm³/mol. The molecule has 8 heteroatoms. The third-order valence-corrected chi connectivity index (χ3v) is 4.17. The molecule has 25 heavy (non-hydrogen) atoms. The molecule has 2 aromatic carbocycles. The van der Waals surface area contributed by atoms with Gasteiger partial charge in [-0.05, 0) is 17.7 Å². The van der Waals surface area contributed by atoms with Crippen LogP contribution in [0.5, 0.6) is 0 Å². The van der Waals surface area contributed by atoms with Crippen LogP contribution in [0, 0.1) is 21.4 Å². The summed E-state index contributed by atoms with van der Waals surface area (Å²) in [4.78, 5) is 15.1. The molecule has 3 N–H and O–H groups in total. The van der Waals surface area contributed by atoms with E-state index >= 15 is 0 Å². The first-order valence-corrected chi connectivity index (χ1v) is 7.48. The summed E-state index contributed by atoms with van der Waals surface area (Å²) in [5.41, 5.74) is 8.59. The lowest BCUT2D eigenvalue weighted by Gasteiger charge is -2.26. The van der Waals surface area contributed by atoms with Crippen molar-refractivity contribution in [2.45, 2.75) is 6.04 Å². The van der Waals surface area contributed by atoms with E-state index in [1.165, 1.54) is 12.1 Å². The Hall–Kier alpha value is -3.86. The van der Waals surface area contributed by atoms with Gasteiger partial charge in [-0.1, -0.05) is 24.3 Å². The number of nitriles is 1. The van der Waals surface area contributed by atoms with Gasteiger partial charge in [0.2, 0.25) is 5.95 Å². The quantitative estimate of drug-likeness (QED) is 0.549. The lowest BCUT2D eigenvalue weighted by Crippen LogP contribution is -2.26. The minimum atomic E-state index is -0.603. The van der Waals surface area contributed by atoms with E-state index in [-0.39, 0.29) is 17.1 Å². The molecule has 0 bridgehead atoms. The number of anilines is 1. The molecule has 1 aliphatic rings. The number of imidazole rings is 1. The van der Waals surface area contributed by atoms with E-state index in [0.717, 1.165) is 11.0 Å². The number of non-ortho nitro benzene ring substituents is 1. The van der Waals surface area contributed by atoms with Gasteiger partial charge in [-0.3, -0.25) is 14.7 Å². The van der Waals surface area contributed by atoms with Crippen molar-refractivity contribution < 1.29 is 4.92 Å². The fourth-order valence-electron chi connectivity index (χ4n) is 3.03. The molecule has 1 aromatic heterocycles. The smallest absolute Gasteiger partial charge is 0.269 e. The summed E-state index contributed by atoms with van der Waals surface area (Å²) in [5.74, 6) is 0.760. The van der Waals surface area contributed by atoms with Crippen LogP contribution in [0.1, 0.15) is 11.6 Å². The van der Waals surface area contributed by atoms with Crippen molar-refractivity contribution in [1.82, 2.24) is 9.55 Å². The largest absolute Gasteiger partial charge is 0.384 e. The predicted octanol–water partition coefficient (Wildman–Crippen LogP) is 2.76. The number of nitro benzene ring substituents is 1. The third-order valence-electron chi connectivity index (χ3n) is 4.17. The maximum absolute atomic E-state index is 11.0. The molecular weight excluding hydrogens is 320 g/mol. The average molecular weight is 332 g/mol. The van der Waals surface area contributed by atoms with E-state index in [1.54, 1.807) is 16.7 Å². The molecule has 122 valence electrons.